The third-order valence-corrected chi connectivity index (χ3v) is 13.0. The van der Waals surface area contributed by atoms with E-state index in [-0.39, 0.29) is 30.3 Å². The molecule has 0 spiro atoms. The summed E-state index contributed by atoms with van der Waals surface area (Å²) in [5, 5.41) is 0. The standard InChI is InChI=1S/C55H108N4O8/c1-7-10-13-16-19-22-25-28-31-49-65-53(61)36-42-58(41-35-52(60)64-6)47-45-56(4)39-34-40-57(5)46-48-59(43-37-54(62)66-50-32-29-26-23-20-17-14-11-8-2)44-38-55(63)67-51-33-30-27-24-21-18-15-12-9-3/h7-51H2,1-6H3. The van der Waals surface area contributed by atoms with Crippen LogP contribution >= 0.6 is 0 Å². The number of ether oxygens (including phenoxy) is 4. The minimum atomic E-state index is -0.249. The van der Waals surface area contributed by atoms with Gasteiger partial charge in [0.1, 0.15) is 0 Å². The fourth-order valence-electron chi connectivity index (χ4n) is 8.24. The molecule has 0 saturated heterocycles. The van der Waals surface area contributed by atoms with Gasteiger partial charge in [0, 0.05) is 52.4 Å². The molecule has 0 unspecified atom stereocenters. The van der Waals surface area contributed by atoms with Gasteiger partial charge in [-0.05, 0) is 52.9 Å². The first-order valence-electron chi connectivity index (χ1n) is 28.0. The summed E-state index contributed by atoms with van der Waals surface area (Å²) in [7, 11) is 5.65. The summed E-state index contributed by atoms with van der Waals surface area (Å²) in [6.45, 7) is 15.3. The first-order chi connectivity index (χ1) is 32.6. The van der Waals surface area contributed by atoms with Gasteiger partial charge in [0.2, 0.25) is 0 Å². The van der Waals surface area contributed by atoms with Crippen molar-refractivity contribution in [1.29, 1.82) is 0 Å². The molecule has 0 aliphatic rings. The number of hydrogen-bond donors (Lipinski definition) is 0. The van der Waals surface area contributed by atoms with E-state index in [9.17, 15) is 19.2 Å². The lowest BCUT2D eigenvalue weighted by Crippen LogP contribution is -2.38. The molecule has 12 heteroatoms. The normalized spacial score (nSPS) is 11.6. The highest BCUT2D eigenvalue weighted by Gasteiger charge is 2.15. The van der Waals surface area contributed by atoms with Crippen molar-refractivity contribution in [3.63, 3.8) is 0 Å². The Labute approximate surface area is 413 Å². The summed E-state index contributed by atoms with van der Waals surface area (Å²) in [4.78, 5) is 58.9. The van der Waals surface area contributed by atoms with Crippen LogP contribution in [0.4, 0.5) is 0 Å². The molecular weight excluding hydrogens is 845 g/mol. The van der Waals surface area contributed by atoms with Crippen molar-refractivity contribution in [2.75, 3.05) is 106 Å². The molecule has 67 heavy (non-hydrogen) atoms. The van der Waals surface area contributed by atoms with E-state index in [0.717, 1.165) is 84.2 Å². The topological polar surface area (TPSA) is 118 Å². The van der Waals surface area contributed by atoms with Crippen LogP contribution in [-0.2, 0) is 38.1 Å². The summed E-state index contributed by atoms with van der Waals surface area (Å²) in [6.07, 6.45) is 35.4. The zero-order valence-corrected chi connectivity index (χ0v) is 44.9. The van der Waals surface area contributed by atoms with E-state index in [4.69, 9.17) is 18.9 Å². The van der Waals surface area contributed by atoms with Crippen molar-refractivity contribution < 1.29 is 38.1 Å². The molecule has 12 nitrogen and oxygen atoms in total. The zero-order valence-electron chi connectivity index (χ0n) is 44.9. The molecule has 0 radical (unpaired) electrons. The Morgan fingerprint density at radius 2 is 0.552 bits per heavy atom. The number of rotatable bonds is 52. The molecule has 0 N–H and O–H groups in total. The number of likely N-dealkylation sites (N-methyl/N-ethyl adjacent to an activating group) is 2. The van der Waals surface area contributed by atoms with Crippen molar-refractivity contribution in [3.05, 3.63) is 0 Å². The van der Waals surface area contributed by atoms with Crippen LogP contribution in [0.1, 0.15) is 226 Å². The summed E-state index contributed by atoms with van der Waals surface area (Å²) in [5.41, 5.74) is 0. The number of unbranched alkanes of at least 4 members (excludes halogenated alkanes) is 24. The van der Waals surface area contributed by atoms with Crippen LogP contribution in [0, 0.1) is 0 Å². The van der Waals surface area contributed by atoms with Crippen LogP contribution in [0.25, 0.3) is 0 Å². The Balaban J connectivity index is 4.75. The van der Waals surface area contributed by atoms with Gasteiger partial charge in [0.15, 0.2) is 0 Å². The number of carbonyl (C=O) groups is 4. The lowest BCUT2D eigenvalue weighted by molar-refractivity contribution is -0.145. The molecule has 0 aromatic rings. The third kappa shape index (κ3) is 47.2. The van der Waals surface area contributed by atoms with Crippen molar-refractivity contribution in [2.24, 2.45) is 0 Å². The largest absolute Gasteiger partial charge is 0.469 e. The van der Waals surface area contributed by atoms with Gasteiger partial charge >= 0.3 is 23.9 Å². The average Bonchev–Trinajstić information content (AvgIpc) is 3.32. The minimum absolute atomic E-state index is 0.165. The molecule has 0 amide bonds. The number of esters is 4. The van der Waals surface area contributed by atoms with Crippen LogP contribution in [0.15, 0.2) is 0 Å². The van der Waals surface area contributed by atoms with E-state index in [1.807, 2.05) is 0 Å². The molecule has 0 rings (SSSR count). The van der Waals surface area contributed by atoms with Crippen LogP contribution in [0.5, 0.6) is 0 Å². The summed E-state index contributed by atoms with van der Waals surface area (Å²) in [6, 6.07) is 0. The molecule has 0 aliphatic heterocycles. The van der Waals surface area contributed by atoms with Gasteiger partial charge in [0.05, 0.1) is 52.6 Å². The van der Waals surface area contributed by atoms with Crippen molar-refractivity contribution in [1.82, 2.24) is 19.6 Å². The fraction of sp³-hybridized carbons (Fsp3) is 0.927. The molecule has 0 heterocycles. The maximum absolute atomic E-state index is 12.7. The Kier molecular flexibility index (Phi) is 48.4. The second-order valence-electron chi connectivity index (χ2n) is 19.4. The molecule has 396 valence electrons. The zero-order chi connectivity index (χ0) is 49.3. The highest BCUT2D eigenvalue weighted by Crippen LogP contribution is 2.13. The number of carbonyl (C=O) groups excluding carboxylic acids is 4. The molecular formula is C55H108N4O8. The monoisotopic (exact) mass is 953 g/mol. The lowest BCUT2D eigenvalue weighted by atomic mass is 10.1. The van der Waals surface area contributed by atoms with Crippen LogP contribution in [0.3, 0.4) is 0 Å². The lowest BCUT2D eigenvalue weighted by Gasteiger charge is -2.27. The average molecular weight is 953 g/mol. The highest BCUT2D eigenvalue weighted by molar-refractivity contribution is 5.70. The fourth-order valence-corrected chi connectivity index (χ4v) is 8.24. The Hall–Kier alpha value is -2.28. The number of nitrogens with zero attached hydrogens (tertiary/aromatic N) is 4. The predicted molar refractivity (Wildman–Crippen MR) is 278 cm³/mol. The first kappa shape index (κ1) is 64.7. The van der Waals surface area contributed by atoms with Gasteiger partial charge in [-0.1, -0.05) is 175 Å². The van der Waals surface area contributed by atoms with Gasteiger partial charge in [-0.25, -0.2) is 0 Å². The molecule has 0 saturated carbocycles. The van der Waals surface area contributed by atoms with Gasteiger partial charge in [0.25, 0.3) is 0 Å². The summed E-state index contributed by atoms with van der Waals surface area (Å²) < 4.78 is 21.6. The van der Waals surface area contributed by atoms with Gasteiger partial charge in [-0.15, -0.1) is 0 Å². The molecule has 0 bridgehead atoms. The van der Waals surface area contributed by atoms with Crippen LogP contribution < -0.4 is 0 Å². The van der Waals surface area contributed by atoms with E-state index < -0.39 is 0 Å². The van der Waals surface area contributed by atoms with E-state index in [0.29, 0.717) is 65.3 Å². The highest BCUT2D eigenvalue weighted by atomic mass is 16.5. The maximum Gasteiger partial charge on any atom is 0.307 e. The molecule has 0 fully saturated rings. The summed E-state index contributed by atoms with van der Waals surface area (Å²) >= 11 is 0. The van der Waals surface area contributed by atoms with Crippen molar-refractivity contribution >= 4 is 23.9 Å². The second kappa shape index (κ2) is 50.1. The van der Waals surface area contributed by atoms with Crippen molar-refractivity contribution in [3.8, 4) is 0 Å². The van der Waals surface area contributed by atoms with Gasteiger partial charge in [-0.3, -0.25) is 19.2 Å². The van der Waals surface area contributed by atoms with E-state index in [2.05, 4.69) is 54.5 Å². The molecule has 0 aliphatic carbocycles. The Bertz CT molecular complexity index is 1090. The smallest absolute Gasteiger partial charge is 0.307 e. The van der Waals surface area contributed by atoms with E-state index >= 15 is 0 Å². The number of hydrogen-bond acceptors (Lipinski definition) is 12. The predicted octanol–water partition coefficient (Wildman–Crippen LogP) is 11.8. The van der Waals surface area contributed by atoms with E-state index in [1.54, 1.807) is 0 Å². The van der Waals surface area contributed by atoms with Crippen LogP contribution in [0.2, 0.25) is 0 Å². The molecule has 0 atom stereocenters. The van der Waals surface area contributed by atoms with Crippen molar-refractivity contribution in [2.45, 2.75) is 226 Å². The minimum Gasteiger partial charge on any atom is -0.469 e. The quantitative estimate of drug-likeness (QED) is 0.0328. The SMILES string of the molecule is CCCCCCCCCCCOC(=O)CCN(CCC(=O)OC)CCN(C)CCCN(C)CCN(CCC(=O)OCCCCCCCCCCC)CCC(=O)OCCCCCCCCCCC. The number of methoxy groups -OCH3 is 1. The second-order valence-corrected chi connectivity index (χ2v) is 19.4. The van der Waals surface area contributed by atoms with Gasteiger partial charge < -0.3 is 38.5 Å². The van der Waals surface area contributed by atoms with E-state index in [1.165, 1.54) is 142 Å². The maximum atomic E-state index is 12.7. The summed E-state index contributed by atoms with van der Waals surface area (Å²) in [5.74, 6) is -0.753. The third-order valence-electron chi connectivity index (χ3n) is 13.0. The van der Waals surface area contributed by atoms with Gasteiger partial charge in [-0.2, -0.15) is 0 Å². The first-order valence-corrected chi connectivity index (χ1v) is 28.0. The van der Waals surface area contributed by atoms with Crippen LogP contribution in [-0.4, -0.2) is 150 Å². The molecule has 0 aromatic carbocycles. The Morgan fingerprint density at radius 1 is 0.299 bits per heavy atom. The molecule has 0 aromatic heterocycles. The Morgan fingerprint density at radius 3 is 0.821 bits per heavy atom.